The number of rotatable bonds is 8. The van der Waals surface area contributed by atoms with Gasteiger partial charge in [-0.1, -0.05) is 6.07 Å². The summed E-state index contributed by atoms with van der Waals surface area (Å²) in [6.07, 6.45) is -6.25. The van der Waals surface area contributed by atoms with E-state index in [2.05, 4.69) is 24.9 Å². The molecule has 5 aromatic rings. The van der Waals surface area contributed by atoms with Gasteiger partial charge in [0.1, 0.15) is 29.0 Å². The van der Waals surface area contributed by atoms with Gasteiger partial charge in [0, 0.05) is 19.2 Å². The summed E-state index contributed by atoms with van der Waals surface area (Å²) in [6.45, 7) is -0.335. The van der Waals surface area contributed by atoms with Gasteiger partial charge in [0.25, 0.3) is 6.43 Å². The van der Waals surface area contributed by atoms with Crippen molar-refractivity contribution in [3.8, 4) is 28.7 Å². The van der Waals surface area contributed by atoms with Gasteiger partial charge in [-0.15, -0.1) is 0 Å². The summed E-state index contributed by atoms with van der Waals surface area (Å²) in [4.78, 5) is 20.7. The number of hydrogen-bond acceptors (Lipinski definition) is 7. The van der Waals surface area contributed by atoms with Gasteiger partial charge in [0.15, 0.2) is 17.2 Å². The molecule has 1 fully saturated rings. The lowest BCUT2D eigenvalue weighted by Gasteiger charge is -2.11. The lowest BCUT2D eigenvalue weighted by molar-refractivity contribution is -0.140. The van der Waals surface area contributed by atoms with Gasteiger partial charge in [-0.2, -0.15) is 13.2 Å². The summed E-state index contributed by atoms with van der Waals surface area (Å²) in [7, 11) is 2.68. The van der Waals surface area contributed by atoms with E-state index < -0.39 is 36.0 Å². The molecule has 1 N–H and O–H groups in total. The number of fused-ring (bicyclic) bond motifs is 1. The molecule has 0 spiro atoms. The molecule has 1 aliphatic rings. The first-order valence-electron chi connectivity index (χ1n) is 13.1. The highest BCUT2D eigenvalue weighted by molar-refractivity contribution is 5.76. The Morgan fingerprint density at radius 1 is 1.09 bits per heavy atom. The fourth-order valence-corrected chi connectivity index (χ4v) is 5.00. The van der Waals surface area contributed by atoms with E-state index in [4.69, 9.17) is 10.1 Å². The molecule has 1 atom stereocenters. The number of benzene rings is 1. The van der Waals surface area contributed by atoms with Crippen molar-refractivity contribution in [3.05, 3.63) is 65.3 Å². The third kappa shape index (κ3) is 5.05. The summed E-state index contributed by atoms with van der Waals surface area (Å²) >= 11 is 0. The standard InChI is InChI=1S/C27H22F7N9O/c1-41-10-17(27(32,33)34)39-23(41)14-6-3-12(7-15(14)28)9-42-24-16(43(26(42)35)21(31)20(29)30)8-36-22(40-24)18-19(13-4-5-13)37-11-38-25(18)44-2/h3,6-8,10-11,13,20-21,35H,4-5,9H2,1-2H3. The first-order valence-corrected chi connectivity index (χ1v) is 13.1. The van der Waals surface area contributed by atoms with E-state index in [9.17, 15) is 26.3 Å². The van der Waals surface area contributed by atoms with Gasteiger partial charge < -0.3 is 9.30 Å². The molecule has 1 saturated carbocycles. The number of hydrogen-bond donors (Lipinski definition) is 1. The van der Waals surface area contributed by atoms with Crippen LogP contribution < -0.4 is 10.4 Å². The molecule has 4 heterocycles. The van der Waals surface area contributed by atoms with Gasteiger partial charge >= 0.3 is 6.18 Å². The SMILES string of the molecule is COc1ncnc(C2CC2)c1-c1ncc2c(n1)n(Cc1ccc(-c3nc(C(F)(F)F)cn3C)c(F)c1)c(=N)n2C(F)C(F)F. The van der Waals surface area contributed by atoms with E-state index in [0.717, 1.165) is 40.4 Å². The van der Waals surface area contributed by atoms with Crippen LogP contribution in [0.1, 0.15) is 42.0 Å². The first-order chi connectivity index (χ1) is 20.9. The van der Waals surface area contributed by atoms with Crippen molar-refractivity contribution in [3.63, 3.8) is 0 Å². The molecule has 1 unspecified atom stereocenters. The fraction of sp³-hybridized carbons (Fsp3) is 0.333. The molecule has 6 rings (SSSR count). The zero-order valence-electron chi connectivity index (χ0n) is 22.9. The maximum atomic E-state index is 15.3. The second kappa shape index (κ2) is 10.7. The quantitative estimate of drug-likeness (QED) is 0.233. The Kier molecular flexibility index (Phi) is 7.12. The van der Waals surface area contributed by atoms with Crippen LogP contribution in [0.5, 0.6) is 5.88 Å². The van der Waals surface area contributed by atoms with Crippen molar-refractivity contribution in [1.29, 1.82) is 5.41 Å². The van der Waals surface area contributed by atoms with Crippen LogP contribution in [0.25, 0.3) is 33.9 Å². The number of aryl methyl sites for hydroxylation is 1. The number of methoxy groups -OCH3 is 1. The first kappa shape index (κ1) is 29.3. The van der Waals surface area contributed by atoms with Gasteiger partial charge in [-0.3, -0.25) is 14.5 Å². The number of imidazole rings is 2. The van der Waals surface area contributed by atoms with Gasteiger partial charge in [0.2, 0.25) is 17.8 Å². The second-order valence-corrected chi connectivity index (χ2v) is 10.2. The predicted octanol–water partition coefficient (Wildman–Crippen LogP) is 5.40. The fourth-order valence-electron chi connectivity index (χ4n) is 5.00. The van der Waals surface area contributed by atoms with Crippen LogP contribution in [-0.2, 0) is 19.8 Å². The largest absolute Gasteiger partial charge is 0.480 e. The molecule has 0 radical (unpaired) electrons. The lowest BCUT2D eigenvalue weighted by atomic mass is 10.1. The van der Waals surface area contributed by atoms with Crippen LogP contribution in [0.3, 0.4) is 0 Å². The highest BCUT2D eigenvalue weighted by Gasteiger charge is 2.35. The minimum Gasteiger partial charge on any atom is -0.480 e. The van der Waals surface area contributed by atoms with Crippen LogP contribution in [0, 0.1) is 11.2 Å². The Morgan fingerprint density at radius 3 is 2.45 bits per heavy atom. The highest BCUT2D eigenvalue weighted by Crippen LogP contribution is 2.45. The number of nitrogens with zero attached hydrogens (tertiary/aromatic N) is 8. The normalized spacial score (nSPS) is 14.5. The van der Waals surface area contributed by atoms with Crippen molar-refractivity contribution in [2.75, 3.05) is 7.11 Å². The van der Waals surface area contributed by atoms with Gasteiger partial charge in [-0.25, -0.2) is 42.5 Å². The molecule has 0 aliphatic heterocycles. The van der Waals surface area contributed by atoms with Crippen LogP contribution in [-0.4, -0.2) is 52.2 Å². The minimum absolute atomic E-state index is 0.0481. The molecule has 1 aliphatic carbocycles. The topological polar surface area (TPSA) is 112 Å². The number of aromatic nitrogens is 8. The summed E-state index contributed by atoms with van der Waals surface area (Å²) in [5.41, 5.74) is -1.30. The lowest BCUT2D eigenvalue weighted by Crippen LogP contribution is -2.29. The monoisotopic (exact) mass is 621 g/mol. The minimum atomic E-state index is -4.73. The summed E-state index contributed by atoms with van der Waals surface area (Å²) in [5.74, 6) is -0.882. The van der Waals surface area contributed by atoms with Crippen molar-refractivity contribution < 1.29 is 35.5 Å². The van der Waals surface area contributed by atoms with Crippen LogP contribution in [0.2, 0.25) is 0 Å². The van der Waals surface area contributed by atoms with Crippen molar-refractivity contribution >= 4 is 11.2 Å². The molecule has 0 bridgehead atoms. The maximum absolute atomic E-state index is 15.3. The highest BCUT2D eigenvalue weighted by atomic mass is 19.4. The molecule has 1 aromatic carbocycles. The third-order valence-corrected chi connectivity index (χ3v) is 7.21. The van der Waals surface area contributed by atoms with Crippen molar-refractivity contribution in [2.45, 2.75) is 44.2 Å². The average Bonchev–Trinajstić information content (AvgIpc) is 3.70. The second-order valence-electron chi connectivity index (χ2n) is 10.2. The molecular weight excluding hydrogens is 599 g/mol. The predicted molar refractivity (Wildman–Crippen MR) is 140 cm³/mol. The van der Waals surface area contributed by atoms with E-state index >= 15 is 4.39 Å². The number of nitrogens with one attached hydrogen (secondary N) is 1. The molecule has 10 nitrogen and oxygen atoms in total. The maximum Gasteiger partial charge on any atom is 0.434 e. The van der Waals surface area contributed by atoms with Crippen LogP contribution >= 0.6 is 0 Å². The van der Waals surface area contributed by atoms with E-state index in [1.165, 1.54) is 32.6 Å². The zero-order valence-corrected chi connectivity index (χ0v) is 22.9. The molecule has 4 aromatic heterocycles. The smallest absolute Gasteiger partial charge is 0.434 e. The zero-order chi connectivity index (χ0) is 31.5. The van der Waals surface area contributed by atoms with E-state index in [-0.39, 0.29) is 52.3 Å². The Hall–Kier alpha value is -4.83. The van der Waals surface area contributed by atoms with Gasteiger partial charge in [0.05, 0.1) is 31.1 Å². The Bertz CT molecular complexity index is 1940. The summed E-state index contributed by atoms with van der Waals surface area (Å²) in [5, 5.41) is 8.56. The number of halogens is 7. The molecule has 0 saturated heterocycles. The average molecular weight is 622 g/mol. The Balaban J connectivity index is 1.46. The summed E-state index contributed by atoms with van der Waals surface area (Å²) in [6, 6.07) is 3.59. The van der Waals surface area contributed by atoms with E-state index in [0.29, 0.717) is 15.8 Å². The molecular formula is C27H22F7N9O. The van der Waals surface area contributed by atoms with E-state index in [1.807, 2.05) is 0 Å². The van der Waals surface area contributed by atoms with Gasteiger partial charge in [-0.05, 0) is 30.5 Å². The molecule has 44 heavy (non-hydrogen) atoms. The number of ether oxygens (including phenoxy) is 1. The van der Waals surface area contributed by atoms with Crippen molar-refractivity contribution in [2.24, 2.45) is 7.05 Å². The summed E-state index contributed by atoms with van der Waals surface area (Å²) < 4.78 is 104. The third-order valence-electron chi connectivity index (χ3n) is 7.21. The Morgan fingerprint density at radius 2 is 1.84 bits per heavy atom. The Labute approximate surface area is 243 Å². The van der Waals surface area contributed by atoms with Crippen LogP contribution in [0.15, 0.2) is 36.9 Å². The van der Waals surface area contributed by atoms with E-state index in [1.54, 1.807) is 0 Å². The molecule has 17 heteroatoms. The molecule has 230 valence electrons. The number of alkyl halides is 6. The van der Waals surface area contributed by atoms with Crippen LogP contribution in [0.4, 0.5) is 30.7 Å². The molecule has 0 amide bonds. The van der Waals surface area contributed by atoms with Crippen molar-refractivity contribution in [1.82, 2.24) is 38.6 Å².